The van der Waals surface area contributed by atoms with Gasteiger partial charge in [-0.05, 0) is 32.2 Å². The van der Waals surface area contributed by atoms with Gasteiger partial charge in [0.1, 0.15) is 0 Å². The molecule has 1 fully saturated rings. The second-order valence-electron chi connectivity index (χ2n) is 4.40. The van der Waals surface area contributed by atoms with Crippen molar-refractivity contribution in [2.24, 2.45) is 11.8 Å². The molecule has 0 amide bonds. The van der Waals surface area contributed by atoms with Gasteiger partial charge in [-0.25, -0.2) is 0 Å². The zero-order valence-corrected chi connectivity index (χ0v) is 9.36. The first kappa shape index (κ1) is 11.5. The van der Waals surface area contributed by atoms with Crippen LogP contribution < -0.4 is 0 Å². The predicted molar refractivity (Wildman–Crippen MR) is 56.2 cm³/mol. The zero-order chi connectivity index (χ0) is 10.7. The normalized spacial score (nSPS) is 20.9. The standard InChI is InChI=1S/C11H21NO2/c1-4-12(7-10-5-6-10)9(3)8(2)11(13)14/h8-10H,4-7H2,1-3H3,(H,13,14). The highest BCUT2D eigenvalue weighted by molar-refractivity contribution is 5.70. The van der Waals surface area contributed by atoms with E-state index >= 15 is 0 Å². The average molecular weight is 199 g/mol. The molecule has 0 bridgehead atoms. The van der Waals surface area contributed by atoms with Crippen molar-refractivity contribution in [1.29, 1.82) is 0 Å². The second-order valence-corrected chi connectivity index (χ2v) is 4.40. The maximum Gasteiger partial charge on any atom is 0.307 e. The number of rotatable bonds is 6. The minimum Gasteiger partial charge on any atom is -0.481 e. The molecule has 1 N–H and O–H groups in total. The Morgan fingerprint density at radius 3 is 2.43 bits per heavy atom. The summed E-state index contributed by atoms with van der Waals surface area (Å²) in [5.41, 5.74) is 0. The van der Waals surface area contributed by atoms with E-state index in [9.17, 15) is 4.79 Å². The third-order valence-corrected chi connectivity index (χ3v) is 3.28. The monoisotopic (exact) mass is 199 g/mol. The number of carboxylic acids is 1. The SMILES string of the molecule is CCN(CC1CC1)C(C)C(C)C(=O)O. The molecular formula is C11H21NO2. The van der Waals surface area contributed by atoms with E-state index in [4.69, 9.17) is 5.11 Å². The van der Waals surface area contributed by atoms with E-state index in [1.54, 1.807) is 6.92 Å². The third-order valence-electron chi connectivity index (χ3n) is 3.28. The average Bonchev–Trinajstić information content (AvgIpc) is 2.95. The lowest BCUT2D eigenvalue weighted by Crippen LogP contribution is -2.41. The maximum absolute atomic E-state index is 10.8. The lowest BCUT2D eigenvalue weighted by molar-refractivity contribution is -0.143. The summed E-state index contributed by atoms with van der Waals surface area (Å²) in [5, 5.41) is 8.92. The Labute approximate surface area is 86.1 Å². The zero-order valence-electron chi connectivity index (χ0n) is 9.36. The number of nitrogens with zero attached hydrogens (tertiary/aromatic N) is 1. The van der Waals surface area contributed by atoms with E-state index in [2.05, 4.69) is 11.8 Å². The minimum atomic E-state index is -0.688. The Kier molecular flexibility index (Phi) is 3.93. The van der Waals surface area contributed by atoms with Crippen molar-refractivity contribution in [1.82, 2.24) is 4.90 Å². The van der Waals surface area contributed by atoms with Crippen molar-refractivity contribution in [2.75, 3.05) is 13.1 Å². The van der Waals surface area contributed by atoms with Crippen LogP contribution in [0.3, 0.4) is 0 Å². The van der Waals surface area contributed by atoms with Crippen molar-refractivity contribution < 1.29 is 9.90 Å². The fourth-order valence-corrected chi connectivity index (χ4v) is 1.74. The van der Waals surface area contributed by atoms with Gasteiger partial charge in [0.05, 0.1) is 5.92 Å². The molecule has 82 valence electrons. The van der Waals surface area contributed by atoms with E-state index in [0.29, 0.717) is 0 Å². The molecule has 2 unspecified atom stereocenters. The fraction of sp³-hybridized carbons (Fsp3) is 0.909. The first-order valence-electron chi connectivity index (χ1n) is 5.53. The molecule has 1 aliphatic rings. The molecule has 0 aromatic carbocycles. The Morgan fingerprint density at radius 1 is 1.50 bits per heavy atom. The molecular weight excluding hydrogens is 178 g/mol. The molecule has 3 heteroatoms. The van der Waals surface area contributed by atoms with E-state index < -0.39 is 5.97 Å². The number of carboxylic acid groups (broad SMARTS) is 1. The highest BCUT2D eigenvalue weighted by atomic mass is 16.4. The van der Waals surface area contributed by atoms with Gasteiger partial charge in [-0.15, -0.1) is 0 Å². The fourth-order valence-electron chi connectivity index (χ4n) is 1.74. The van der Waals surface area contributed by atoms with Gasteiger partial charge in [-0.1, -0.05) is 13.8 Å². The quantitative estimate of drug-likeness (QED) is 0.709. The molecule has 0 aromatic heterocycles. The highest BCUT2D eigenvalue weighted by Crippen LogP contribution is 2.30. The second kappa shape index (κ2) is 4.78. The summed E-state index contributed by atoms with van der Waals surface area (Å²) >= 11 is 0. The van der Waals surface area contributed by atoms with Gasteiger partial charge >= 0.3 is 5.97 Å². The van der Waals surface area contributed by atoms with Gasteiger partial charge in [0.25, 0.3) is 0 Å². The molecule has 0 aromatic rings. The largest absolute Gasteiger partial charge is 0.481 e. The molecule has 2 atom stereocenters. The van der Waals surface area contributed by atoms with E-state index in [-0.39, 0.29) is 12.0 Å². The molecule has 0 spiro atoms. The van der Waals surface area contributed by atoms with Gasteiger partial charge in [0, 0.05) is 12.6 Å². The van der Waals surface area contributed by atoms with Gasteiger partial charge < -0.3 is 5.11 Å². The molecule has 0 aliphatic heterocycles. The summed E-state index contributed by atoms with van der Waals surface area (Å²) in [6, 6.07) is 0.151. The van der Waals surface area contributed by atoms with Crippen molar-refractivity contribution in [3.8, 4) is 0 Å². The van der Waals surface area contributed by atoms with Crippen LogP contribution in [0.25, 0.3) is 0 Å². The summed E-state index contributed by atoms with van der Waals surface area (Å²) in [7, 11) is 0. The number of aliphatic carboxylic acids is 1. The molecule has 1 rings (SSSR count). The van der Waals surface area contributed by atoms with Crippen LogP contribution in [0.2, 0.25) is 0 Å². The Morgan fingerprint density at radius 2 is 2.07 bits per heavy atom. The van der Waals surface area contributed by atoms with Crippen molar-refractivity contribution in [3.05, 3.63) is 0 Å². The smallest absolute Gasteiger partial charge is 0.307 e. The summed E-state index contributed by atoms with van der Waals surface area (Å²) in [6.45, 7) is 7.95. The molecule has 3 nitrogen and oxygen atoms in total. The Hall–Kier alpha value is -0.570. The number of hydrogen-bond acceptors (Lipinski definition) is 2. The van der Waals surface area contributed by atoms with Gasteiger partial charge in [-0.3, -0.25) is 9.69 Å². The van der Waals surface area contributed by atoms with Crippen LogP contribution in [-0.2, 0) is 4.79 Å². The van der Waals surface area contributed by atoms with E-state index in [0.717, 1.165) is 19.0 Å². The van der Waals surface area contributed by atoms with Crippen LogP contribution >= 0.6 is 0 Å². The van der Waals surface area contributed by atoms with Gasteiger partial charge in [-0.2, -0.15) is 0 Å². The Balaban J connectivity index is 2.44. The van der Waals surface area contributed by atoms with Crippen LogP contribution in [-0.4, -0.2) is 35.1 Å². The van der Waals surface area contributed by atoms with Crippen LogP contribution in [0, 0.1) is 11.8 Å². The summed E-state index contributed by atoms with van der Waals surface area (Å²) in [4.78, 5) is 13.1. The molecule has 1 saturated carbocycles. The first-order chi connectivity index (χ1) is 6.56. The van der Waals surface area contributed by atoms with Crippen LogP contribution in [0.15, 0.2) is 0 Å². The maximum atomic E-state index is 10.8. The molecule has 14 heavy (non-hydrogen) atoms. The lowest BCUT2D eigenvalue weighted by atomic mass is 10.0. The summed E-state index contributed by atoms with van der Waals surface area (Å²) in [5.74, 6) is -0.126. The summed E-state index contributed by atoms with van der Waals surface area (Å²) in [6.07, 6.45) is 2.65. The van der Waals surface area contributed by atoms with Crippen molar-refractivity contribution >= 4 is 5.97 Å². The van der Waals surface area contributed by atoms with Gasteiger partial charge in [0.2, 0.25) is 0 Å². The van der Waals surface area contributed by atoms with Crippen molar-refractivity contribution in [3.63, 3.8) is 0 Å². The van der Waals surface area contributed by atoms with E-state index in [1.165, 1.54) is 12.8 Å². The molecule has 0 saturated heterocycles. The van der Waals surface area contributed by atoms with Gasteiger partial charge in [0.15, 0.2) is 0 Å². The predicted octanol–water partition coefficient (Wildman–Crippen LogP) is 1.83. The molecule has 0 radical (unpaired) electrons. The summed E-state index contributed by atoms with van der Waals surface area (Å²) < 4.78 is 0. The van der Waals surface area contributed by atoms with Crippen LogP contribution in [0.1, 0.15) is 33.6 Å². The highest BCUT2D eigenvalue weighted by Gasteiger charge is 2.29. The van der Waals surface area contributed by atoms with Crippen molar-refractivity contribution in [2.45, 2.75) is 39.7 Å². The van der Waals surface area contributed by atoms with E-state index in [1.807, 2.05) is 6.92 Å². The third kappa shape index (κ3) is 2.98. The lowest BCUT2D eigenvalue weighted by Gasteiger charge is -2.30. The van der Waals surface area contributed by atoms with Crippen LogP contribution in [0.4, 0.5) is 0 Å². The molecule has 0 heterocycles. The molecule has 1 aliphatic carbocycles. The number of hydrogen-bond donors (Lipinski definition) is 1. The first-order valence-corrected chi connectivity index (χ1v) is 5.53. The minimum absolute atomic E-state index is 0.151. The number of carbonyl (C=O) groups is 1. The Bertz CT molecular complexity index is 201. The topological polar surface area (TPSA) is 40.5 Å². The van der Waals surface area contributed by atoms with Crippen LogP contribution in [0.5, 0.6) is 0 Å².